The molecule has 1 atom stereocenters. The number of rotatable bonds is 4. The van der Waals surface area contributed by atoms with Crippen LogP contribution in [-0.2, 0) is 16.1 Å². The zero-order chi connectivity index (χ0) is 17.6. The van der Waals surface area contributed by atoms with Crippen molar-refractivity contribution in [1.82, 2.24) is 15.1 Å². The fraction of sp³-hybridized carbons (Fsp3) is 0.579. The second-order valence-corrected chi connectivity index (χ2v) is 6.90. The Balaban J connectivity index is 0.00000243. The first-order valence-corrected chi connectivity index (χ1v) is 9.08. The number of carbonyl (C=O) groups excluding carboxylic acids is 2. The molecule has 1 aromatic carbocycles. The van der Waals surface area contributed by atoms with E-state index in [4.69, 9.17) is 4.74 Å². The Kier molecular flexibility index (Phi) is 7.72. The molecule has 1 N–H and O–H groups in total. The van der Waals surface area contributed by atoms with Gasteiger partial charge in [-0.3, -0.25) is 4.79 Å². The fourth-order valence-corrected chi connectivity index (χ4v) is 3.56. The van der Waals surface area contributed by atoms with Crippen LogP contribution in [0, 0.1) is 5.92 Å². The highest BCUT2D eigenvalue weighted by atomic mass is 35.5. The molecule has 2 aliphatic heterocycles. The van der Waals surface area contributed by atoms with Crippen molar-refractivity contribution in [3.05, 3.63) is 35.9 Å². The average molecular weight is 382 g/mol. The van der Waals surface area contributed by atoms with E-state index in [1.165, 1.54) is 0 Å². The van der Waals surface area contributed by atoms with Crippen molar-refractivity contribution in [2.45, 2.75) is 31.9 Å². The highest BCUT2D eigenvalue weighted by Gasteiger charge is 2.32. The van der Waals surface area contributed by atoms with Gasteiger partial charge in [0.25, 0.3) is 0 Å². The lowest BCUT2D eigenvalue weighted by Crippen LogP contribution is -2.46. The maximum atomic E-state index is 12.6. The number of likely N-dealkylation sites (N-methyl/N-ethyl adjacent to an activating group) is 1. The van der Waals surface area contributed by atoms with Crippen LogP contribution in [-0.4, -0.2) is 61.1 Å². The molecule has 2 heterocycles. The number of halogens is 1. The van der Waals surface area contributed by atoms with Gasteiger partial charge in [-0.05, 0) is 31.4 Å². The van der Waals surface area contributed by atoms with Gasteiger partial charge in [0.05, 0.1) is 0 Å². The molecule has 0 spiro atoms. The fourth-order valence-electron chi connectivity index (χ4n) is 3.56. The Labute approximate surface area is 161 Å². The van der Waals surface area contributed by atoms with Gasteiger partial charge in [0.1, 0.15) is 6.61 Å². The normalized spacial score (nSPS) is 20.3. The molecule has 0 radical (unpaired) electrons. The molecule has 6 nitrogen and oxygen atoms in total. The van der Waals surface area contributed by atoms with Crippen LogP contribution in [0.15, 0.2) is 30.3 Å². The summed E-state index contributed by atoms with van der Waals surface area (Å²) in [6.07, 6.45) is 2.16. The summed E-state index contributed by atoms with van der Waals surface area (Å²) in [6.45, 7) is 3.32. The van der Waals surface area contributed by atoms with Gasteiger partial charge in [0, 0.05) is 38.6 Å². The summed E-state index contributed by atoms with van der Waals surface area (Å²) in [5.41, 5.74) is 0.979. The van der Waals surface area contributed by atoms with E-state index in [0.717, 1.165) is 25.1 Å². The van der Waals surface area contributed by atoms with Crippen molar-refractivity contribution in [1.29, 1.82) is 0 Å². The predicted molar refractivity (Wildman–Crippen MR) is 102 cm³/mol. The summed E-state index contributed by atoms with van der Waals surface area (Å²) >= 11 is 0. The van der Waals surface area contributed by atoms with Gasteiger partial charge in [0.2, 0.25) is 5.91 Å². The molecule has 144 valence electrons. The van der Waals surface area contributed by atoms with Crippen LogP contribution in [0.1, 0.15) is 24.8 Å². The van der Waals surface area contributed by atoms with Crippen molar-refractivity contribution in [2.24, 2.45) is 5.92 Å². The number of nitrogens with one attached hydrogen (secondary N) is 1. The van der Waals surface area contributed by atoms with Gasteiger partial charge in [-0.1, -0.05) is 30.3 Å². The molecule has 2 aliphatic rings. The van der Waals surface area contributed by atoms with Crippen LogP contribution >= 0.6 is 12.4 Å². The van der Waals surface area contributed by atoms with Crippen molar-refractivity contribution < 1.29 is 14.3 Å². The Morgan fingerprint density at radius 2 is 1.88 bits per heavy atom. The predicted octanol–water partition coefficient (Wildman–Crippen LogP) is 2.28. The van der Waals surface area contributed by atoms with E-state index in [9.17, 15) is 9.59 Å². The maximum Gasteiger partial charge on any atom is 0.410 e. The van der Waals surface area contributed by atoms with Gasteiger partial charge < -0.3 is 19.9 Å². The first-order valence-electron chi connectivity index (χ1n) is 9.08. The van der Waals surface area contributed by atoms with Gasteiger partial charge in [-0.25, -0.2) is 4.79 Å². The van der Waals surface area contributed by atoms with Crippen molar-refractivity contribution >= 4 is 24.4 Å². The third-order valence-corrected chi connectivity index (χ3v) is 5.24. The number of piperidine rings is 1. The van der Waals surface area contributed by atoms with Gasteiger partial charge in [-0.15, -0.1) is 12.4 Å². The summed E-state index contributed by atoms with van der Waals surface area (Å²) in [6, 6.07) is 9.97. The minimum Gasteiger partial charge on any atom is -0.445 e. The first kappa shape index (κ1) is 20.5. The molecule has 1 unspecified atom stereocenters. The summed E-state index contributed by atoms with van der Waals surface area (Å²) in [7, 11) is 1.90. The van der Waals surface area contributed by atoms with E-state index in [1.54, 1.807) is 4.90 Å². The molecule has 2 saturated heterocycles. The Morgan fingerprint density at radius 3 is 2.50 bits per heavy atom. The molecule has 7 heteroatoms. The summed E-state index contributed by atoms with van der Waals surface area (Å²) in [5, 5.41) is 3.30. The van der Waals surface area contributed by atoms with Crippen molar-refractivity contribution in [3.63, 3.8) is 0 Å². The summed E-state index contributed by atoms with van der Waals surface area (Å²) in [4.78, 5) is 28.4. The van der Waals surface area contributed by atoms with Gasteiger partial charge >= 0.3 is 6.09 Å². The lowest BCUT2D eigenvalue weighted by atomic mass is 9.95. The number of hydrogen-bond donors (Lipinski definition) is 1. The highest BCUT2D eigenvalue weighted by Crippen LogP contribution is 2.22. The number of carbonyl (C=O) groups is 2. The van der Waals surface area contributed by atoms with E-state index in [0.29, 0.717) is 32.0 Å². The lowest BCUT2D eigenvalue weighted by Gasteiger charge is -2.34. The monoisotopic (exact) mass is 381 g/mol. The molecular weight excluding hydrogens is 354 g/mol. The third kappa shape index (κ3) is 5.11. The number of likely N-dealkylation sites (tertiary alicyclic amines) is 1. The van der Waals surface area contributed by atoms with Crippen LogP contribution < -0.4 is 5.32 Å². The summed E-state index contributed by atoms with van der Waals surface area (Å²) < 4.78 is 5.38. The van der Waals surface area contributed by atoms with E-state index in [2.05, 4.69) is 5.32 Å². The number of amides is 2. The topological polar surface area (TPSA) is 61.9 Å². The number of ether oxygens (including phenoxy) is 1. The zero-order valence-electron chi connectivity index (χ0n) is 15.2. The van der Waals surface area contributed by atoms with Crippen LogP contribution in [0.4, 0.5) is 4.79 Å². The summed E-state index contributed by atoms with van der Waals surface area (Å²) in [5.74, 6) is 0.231. The molecule has 26 heavy (non-hydrogen) atoms. The largest absolute Gasteiger partial charge is 0.445 e. The minimum absolute atomic E-state index is 0. The van der Waals surface area contributed by atoms with E-state index >= 15 is 0 Å². The zero-order valence-corrected chi connectivity index (χ0v) is 16.0. The molecule has 2 fully saturated rings. The van der Waals surface area contributed by atoms with Gasteiger partial charge in [0.15, 0.2) is 0 Å². The van der Waals surface area contributed by atoms with Crippen molar-refractivity contribution in [3.8, 4) is 0 Å². The SMILES string of the molecule is CN(C(=O)C1CCN(C(=O)OCc2ccccc2)CC1)C1CCNC1.Cl. The van der Waals surface area contributed by atoms with Crippen LogP contribution in [0.25, 0.3) is 0 Å². The second kappa shape index (κ2) is 9.78. The maximum absolute atomic E-state index is 12.6. The van der Waals surface area contributed by atoms with Crippen LogP contribution in [0.5, 0.6) is 0 Å². The molecule has 3 rings (SSSR count). The van der Waals surface area contributed by atoms with Crippen LogP contribution in [0.2, 0.25) is 0 Å². The molecule has 1 aromatic rings. The molecule has 0 aromatic heterocycles. The number of nitrogens with zero attached hydrogens (tertiary/aromatic N) is 2. The lowest BCUT2D eigenvalue weighted by molar-refractivity contribution is -0.137. The smallest absolute Gasteiger partial charge is 0.410 e. The van der Waals surface area contributed by atoms with Crippen LogP contribution in [0.3, 0.4) is 0 Å². The molecule has 0 aliphatic carbocycles. The highest BCUT2D eigenvalue weighted by molar-refractivity contribution is 5.85. The Hall–Kier alpha value is -1.79. The molecule has 0 saturated carbocycles. The second-order valence-electron chi connectivity index (χ2n) is 6.90. The molecular formula is C19H28ClN3O3. The van der Waals surface area contributed by atoms with E-state index in [-0.39, 0.29) is 36.9 Å². The number of benzene rings is 1. The minimum atomic E-state index is -0.289. The Morgan fingerprint density at radius 1 is 1.19 bits per heavy atom. The standard InChI is InChI=1S/C19H27N3O3.ClH/c1-21(17-7-10-20-13-17)18(23)16-8-11-22(12-9-16)19(24)25-14-15-5-3-2-4-6-15;/h2-6,16-17,20H,7-14H2,1H3;1H. The Bertz CT molecular complexity index is 585. The quantitative estimate of drug-likeness (QED) is 0.869. The third-order valence-electron chi connectivity index (χ3n) is 5.24. The molecule has 2 amide bonds. The van der Waals surface area contributed by atoms with E-state index < -0.39 is 0 Å². The molecule has 0 bridgehead atoms. The van der Waals surface area contributed by atoms with E-state index in [1.807, 2.05) is 42.3 Å². The number of hydrogen-bond acceptors (Lipinski definition) is 4. The first-order chi connectivity index (χ1) is 12.1. The average Bonchev–Trinajstić information content (AvgIpc) is 3.20. The van der Waals surface area contributed by atoms with Crippen molar-refractivity contribution in [2.75, 3.05) is 33.2 Å². The van der Waals surface area contributed by atoms with Gasteiger partial charge in [-0.2, -0.15) is 0 Å².